The predicted molar refractivity (Wildman–Crippen MR) is 148 cm³/mol. The zero-order valence-electron chi connectivity index (χ0n) is 20.3. The summed E-state index contributed by atoms with van der Waals surface area (Å²) >= 11 is 0. The zero-order chi connectivity index (χ0) is 27.8. The Morgan fingerprint density at radius 1 is 0.650 bits per heavy atom. The number of nitrogens with two attached hydrogens (primary N) is 1. The van der Waals surface area contributed by atoms with Gasteiger partial charge in [0, 0.05) is 24.8 Å². The van der Waals surface area contributed by atoms with Gasteiger partial charge in [-0.15, -0.1) is 0 Å². The van der Waals surface area contributed by atoms with E-state index in [0.717, 1.165) is 28.7 Å². The normalized spacial score (nSPS) is 9.72. The van der Waals surface area contributed by atoms with Crippen molar-refractivity contribution in [1.82, 2.24) is 19.3 Å². The second-order valence-electron chi connectivity index (χ2n) is 7.94. The Kier molecular flexibility index (Phi) is 9.49. The number of aromatic amines is 1. The maximum Gasteiger partial charge on any atom is 0.155 e. The lowest BCUT2D eigenvalue weighted by Crippen LogP contribution is -1.96. The Labute approximate surface area is 228 Å². The molecule has 3 heterocycles. The summed E-state index contributed by atoms with van der Waals surface area (Å²) in [6.45, 7) is 0. The molecule has 0 aliphatic carbocycles. The molecule has 0 radical (unpaired) electrons. The third-order valence-corrected chi connectivity index (χ3v) is 5.54. The number of benzene rings is 3. The first-order valence-corrected chi connectivity index (χ1v) is 11.5. The predicted octanol–water partition coefficient (Wildman–Crippen LogP) is 6.90. The van der Waals surface area contributed by atoms with Gasteiger partial charge in [-0.05, 0) is 60.7 Å². The van der Waals surface area contributed by atoms with Gasteiger partial charge in [0.15, 0.2) is 5.82 Å². The molecule has 0 aliphatic rings. The summed E-state index contributed by atoms with van der Waals surface area (Å²) < 4.78 is 41.7. The summed E-state index contributed by atoms with van der Waals surface area (Å²) in [6, 6.07) is 24.7. The van der Waals surface area contributed by atoms with Crippen LogP contribution in [0.2, 0.25) is 0 Å². The van der Waals surface area contributed by atoms with Crippen LogP contribution in [-0.4, -0.2) is 19.3 Å². The molecule has 6 aromatic rings. The minimum absolute atomic E-state index is 0. The number of anilines is 1. The van der Waals surface area contributed by atoms with Gasteiger partial charge in [-0.3, -0.25) is 5.10 Å². The van der Waals surface area contributed by atoms with E-state index in [-0.39, 0.29) is 13.0 Å². The number of nitrogen functional groups attached to an aromatic ring is 1. The van der Waals surface area contributed by atoms with Gasteiger partial charge in [0.05, 0.1) is 22.3 Å². The van der Waals surface area contributed by atoms with Gasteiger partial charge in [-0.2, -0.15) is 15.6 Å². The highest BCUT2D eigenvalue weighted by Crippen LogP contribution is 2.25. The van der Waals surface area contributed by atoms with Gasteiger partial charge in [-0.1, -0.05) is 25.6 Å². The first kappa shape index (κ1) is 28.8. The second-order valence-corrected chi connectivity index (χ2v) is 7.94. The van der Waals surface area contributed by atoms with E-state index >= 15 is 0 Å². The Morgan fingerprint density at radius 2 is 1.10 bits per heavy atom. The van der Waals surface area contributed by atoms with Crippen LogP contribution in [-0.2, 0) is 0 Å². The molecule has 10 heteroatoms. The molecular formula is C30H24F3N7. The molecule has 3 aromatic carbocycles. The Balaban J connectivity index is 0.000000167. The number of fused-ring (bicyclic) bond motifs is 1. The van der Waals surface area contributed by atoms with Crippen LogP contribution in [0.3, 0.4) is 0 Å². The van der Waals surface area contributed by atoms with Crippen LogP contribution in [0, 0.1) is 40.1 Å². The number of halogens is 3. The highest BCUT2D eigenvalue weighted by molar-refractivity contribution is 5.95. The van der Waals surface area contributed by atoms with Crippen molar-refractivity contribution in [3.8, 4) is 23.5 Å². The third-order valence-electron chi connectivity index (χ3n) is 5.54. The molecule has 0 fully saturated rings. The molecule has 7 nitrogen and oxygen atoms in total. The number of nitriles is 2. The van der Waals surface area contributed by atoms with Crippen LogP contribution in [0.15, 0.2) is 104 Å². The molecular weight excluding hydrogens is 515 g/mol. The van der Waals surface area contributed by atoms with Crippen molar-refractivity contribution in [2.45, 2.75) is 7.43 Å². The van der Waals surface area contributed by atoms with E-state index in [9.17, 15) is 13.2 Å². The fourth-order valence-corrected chi connectivity index (χ4v) is 3.73. The molecule has 0 saturated carbocycles. The van der Waals surface area contributed by atoms with E-state index < -0.39 is 23.0 Å². The summed E-state index contributed by atoms with van der Waals surface area (Å²) in [6.07, 6.45) is 7.52. The van der Waals surface area contributed by atoms with E-state index in [1.165, 1.54) is 18.2 Å². The minimum Gasteiger partial charge on any atom is -0.382 e. The Hall–Kier alpha value is -5.74. The van der Waals surface area contributed by atoms with Gasteiger partial charge in [-0.25, -0.2) is 13.2 Å². The lowest BCUT2D eigenvalue weighted by molar-refractivity contribution is 0.577. The molecule has 0 unspecified atom stereocenters. The minimum atomic E-state index is -0.817. The van der Waals surface area contributed by atoms with Crippen LogP contribution in [0.25, 0.3) is 22.3 Å². The van der Waals surface area contributed by atoms with E-state index in [2.05, 4.69) is 10.2 Å². The molecule has 3 aromatic heterocycles. The van der Waals surface area contributed by atoms with Crippen molar-refractivity contribution in [2.24, 2.45) is 0 Å². The van der Waals surface area contributed by atoms with Gasteiger partial charge in [0.2, 0.25) is 0 Å². The van der Waals surface area contributed by atoms with Crippen LogP contribution in [0.1, 0.15) is 18.6 Å². The average molecular weight is 540 g/mol. The van der Waals surface area contributed by atoms with E-state index in [4.69, 9.17) is 16.3 Å². The summed E-state index contributed by atoms with van der Waals surface area (Å²) in [7, 11) is 0. The van der Waals surface area contributed by atoms with Crippen molar-refractivity contribution in [3.63, 3.8) is 0 Å². The van der Waals surface area contributed by atoms with E-state index in [1.54, 1.807) is 29.1 Å². The van der Waals surface area contributed by atoms with Crippen molar-refractivity contribution in [2.75, 3.05) is 5.73 Å². The SMILES string of the molecule is C.N#Cc1c(F)cccc1-n1cccc1.N#Cc1c(F)cccc1F.Nc1n[nH]c2cccc(-n3cccc3)c12. The van der Waals surface area contributed by atoms with Crippen LogP contribution in [0.5, 0.6) is 0 Å². The highest BCUT2D eigenvalue weighted by atomic mass is 19.1. The lowest BCUT2D eigenvalue weighted by atomic mass is 10.2. The molecule has 200 valence electrons. The second kappa shape index (κ2) is 13.2. The van der Waals surface area contributed by atoms with Crippen LogP contribution in [0.4, 0.5) is 19.0 Å². The van der Waals surface area contributed by atoms with E-state index in [0.29, 0.717) is 11.5 Å². The van der Waals surface area contributed by atoms with Crippen molar-refractivity contribution >= 4 is 16.7 Å². The number of H-pyrrole nitrogens is 1. The van der Waals surface area contributed by atoms with Crippen LogP contribution < -0.4 is 5.73 Å². The first-order chi connectivity index (χ1) is 18.9. The molecule has 40 heavy (non-hydrogen) atoms. The summed E-state index contributed by atoms with van der Waals surface area (Å²) in [5.41, 5.74) is 7.94. The number of rotatable bonds is 2. The zero-order valence-corrected chi connectivity index (χ0v) is 20.3. The number of hydrogen-bond acceptors (Lipinski definition) is 4. The summed E-state index contributed by atoms with van der Waals surface area (Å²) in [4.78, 5) is 0. The number of hydrogen-bond donors (Lipinski definition) is 2. The molecule has 0 spiro atoms. The fraction of sp³-hybridized carbons (Fsp3) is 0.0333. The maximum atomic E-state index is 13.2. The van der Waals surface area contributed by atoms with Crippen molar-refractivity contribution < 1.29 is 13.2 Å². The Morgan fingerprint density at radius 3 is 1.62 bits per heavy atom. The summed E-state index contributed by atoms with van der Waals surface area (Å²) in [5.74, 6) is -1.59. The quantitative estimate of drug-likeness (QED) is 0.249. The largest absolute Gasteiger partial charge is 0.382 e. The Bertz CT molecular complexity index is 1750. The molecule has 0 saturated heterocycles. The number of aromatic nitrogens is 4. The van der Waals surface area contributed by atoms with Gasteiger partial charge >= 0.3 is 0 Å². The molecule has 0 atom stereocenters. The average Bonchev–Trinajstić information content (AvgIpc) is 3.73. The maximum absolute atomic E-state index is 13.2. The van der Waals surface area contributed by atoms with Crippen molar-refractivity contribution in [3.05, 3.63) is 132 Å². The van der Waals surface area contributed by atoms with Crippen LogP contribution >= 0.6 is 0 Å². The molecule has 0 amide bonds. The number of nitrogens with one attached hydrogen (secondary N) is 1. The monoisotopic (exact) mass is 539 g/mol. The van der Waals surface area contributed by atoms with Gasteiger partial charge < -0.3 is 14.9 Å². The summed E-state index contributed by atoms with van der Waals surface area (Å²) in [5, 5.41) is 24.8. The standard InChI is InChI=1S/C11H7FN2.C11H10N4.C7H3F2N.CH4/c12-10-4-3-5-11(9(10)8-13)14-6-1-2-7-14;12-11-10-8(13-14-11)4-3-5-9(10)15-6-1-2-7-15;8-6-2-1-3-7(9)5(6)4-10;/h1-7H;1-7H,(H3,12,13,14);1-3H;1H4. The smallest absolute Gasteiger partial charge is 0.155 e. The highest BCUT2D eigenvalue weighted by Gasteiger charge is 2.09. The van der Waals surface area contributed by atoms with Gasteiger partial charge in [0.1, 0.15) is 40.7 Å². The van der Waals surface area contributed by atoms with Crippen molar-refractivity contribution in [1.29, 1.82) is 10.5 Å². The number of nitrogens with zero attached hydrogens (tertiary/aromatic N) is 5. The molecule has 3 N–H and O–H groups in total. The van der Waals surface area contributed by atoms with E-state index in [1.807, 2.05) is 65.5 Å². The van der Waals surface area contributed by atoms with Gasteiger partial charge in [0.25, 0.3) is 0 Å². The lowest BCUT2D eigenvalue weighted by Gasteiger charge is -2.05. The molecule has 6 rings (SSSR count). The molecule has 0 bridgehead atoms. The fourth-order valence-electron chi connectivity index (χ4n) is 3.73. The molecule has 0 aliphatic heterocycles. The topological polar surface area (TPSA) is 112 Å². The third kappa shape index (κ3) is 6.21. The first-order valence-electron chi connectivity index (χ1n) is 11.5.